The maximum Gasteiger partial charge on any atom is 0.422 e. The van der Waals surface area contributed by atoms with Crippen LogP contribution in [0, 0.1) is 0 Å². The van der Waals surface area contributed by atoms with Gasteiger partial charge in [-0.1, -0.05) is 28.1 Å². The third kappa shape index (κ3) is 6.15. The SMILES string of the molecule is O=C(NCc1cccc(Br)c1)OCC(F)(F)F. The molecular weight excluding hydrogens is 303 g/mol. The highest BCUT2D eigenvalue weighted by molar-refractivity contribution is 9.10. The first kappa shape index (κ1) is 13.8. The summed E-state index contributed by atoms with van der Waals surface area (Å²) in [5.74, 6) is 0. The predicted molar refractivity (Wildman–Crippen MR) is 58.4 cm³/mol. The minimum atomic E-state index is -4.51. The summed E-state index contributed by atoms with van der Waals surface area (Å²) in [7, 11) is 0. The van der Waals surface area contributed by atoms with Gasteiger partial charge >= 0.3 is 12.3 Å². The summed E-state index contributed by atoms with van der Waals surface area (Å²) in [4.78, 5) is 10.9. The monoisotopic (exact) mass is 311 g/mol. The Labute approximate surface area is 104 Å². The molecule has 0 spiro atoms. The molecule has 0 aliphatic rings. The van der Waals surface area contributed by atoms with E-state index in [1.807, 2.05) is 0 Å². The molecule has 17 heavy (non-hydrogen) atoms. The van der Waals surface area contributed by atoms with Gasteiger partial charge < -0.3 is 10.1 Å². The van der Waals surface area contributed by atoms with Crippen molar-refractivity contribution in [3.05, 3.63) is 34.3 Å². The lowest BCUT2D eigenvalue weighted by molar-refractivity contribution is -0.160. The summed E-state index contributed by atoms with van der Waals surface area (Å²) < 4.78 is 40.0. The number of carbonyl (C=O) groups is 1. The Kier molecular flexibility index (Phi) is 4.80. The Morgan fingerprint density at radius 2 is 2.12 bits per heavy atom. The molecule has 1 rings (SSSR count). The summed E-state index contributed by atoms with van der Waals surface area (Å²) in [6.45, 7) is -1.48. The smallest absolute Gasteiger partial charge is 0.422 e. The van der Waals surface area contributed by atoms with Crippen molar-refractivity contribution in [3.63, 3.8) is 0 Å². The topological polar surface area (TPSA) is 38.3 Å². The normalized spacial score (nSPS) is 11.1. The van der Waals surface area contributed by atoms with Crippen molar-refractivity contribution in [2.24, 2.45) is 0 Å². The lowest BCUT2D eigenvalue weighted by Crippen LogP contribution is -2.28. The van der Waals surface area contributed by atoms with Crippen molar-refractivity contribution in [3.8, 4) is 0 Å². The van der Waals surface area contributed by atoms with Crippen LogP contribution in [-0.2, 0) is 11.3 Å². The van der Waals surface area contributed by atoms with Gasteiger partial charge in [-0.3, -0.25) is 0 Å². The first-order valence-electron chi connectivity index (χ1n) is 4.58. The molecule has 3 nitrogen and oxygen atoms in total. The molecule has 94 valence electrons. The molecule has 1 aromatic carbocycles. The van der Waals surface area contributed by atoms with Crippen LogP contribution < -0.4 is 5.32 Å². The largest absolute Gasteiger partial charge is 0.440 e. The zero-order valence-corrected chi connectivity index (χ0v) is 10.1. The number of hydrogen-bond acceptors (Lipinski definition) is 2. The number of alkyl carbamates (subject to hydrolysis) is 1. The minimum absolute atomic E-state index is 0.107. The van der Waals surface area contributed by atoms with Crippen LogP contribution in [0.25, 0.3) is 0 Å². The van der Waals surface area contributed by atoms with Crippen LogP contribution in [0.2, 0.25) is 0 Å². The van der Waals surface area contributed by atoms with E-state index in [4.69, 9.17) is 0 Å². The highest BCUT2D eigenvalue weighted by Crippen LogP contribution is 2.14. The molecule has 0 saturated carbocycles. The van der Waals surface area contributed by atoms with Gasteiger partial charge in [-0.25, -0.2) is 4.79 Å². The van der Waals surface area contributed by atoms with E-state index < -0.39 is 18.9 Å². The van der Waals surface area contributed by atoms with Gasteiger partial charge in [0.05, 0.1) is 0 Å². The average molecular weight is 312 g/mol. The molecule has 0 aliphatic carbocycles. The molecule has 1 amide bonds. The number of ether oxygens (including phenoxy) is 1. The van der Waals surface area contributed by atoms with E-state index in [0.717, 1.165) is 10.0 Å². The second-order valence-corrected chi connectivity index (χ2v) is 4.09. The molecule has 0 bridgehead atoms. The predicted octanol–water partition coefficient (Wildman–Crippen LogP) is 3.24. The number of alkyl halides is 3. The number of amides is 1. The van der Waals surface area contributed by atoms with Gasteiger partial charge in [0.1, 0.15) is 0 Å². The third-order valence-corrected chi connectivity index (χ3v) is 2.19. The second kappa shape index (κ2) is 5.90. The molecule has 1 N–H and O–H groups in total. The maximum absolute atomic E-state index is 11.7. The Balaban J connectivity index is 2.33. The molecule has 0 heterocycles. The highest BCUT2D eigenvalue weighted by atomic mass is 79.9. The van der Waals surface area contributed by atoms with Gasteiger partial charge in [0.25, 0.3) is 0 Å². The molecule has 0 aliphatic heterocycles. The lowest BCUT2D eigenvalue weighted by atomic mass is 10.2. The Hall–Kier alpha value is -1.24. The first-order valence-corrected chi connectivity index (χ1v) is 5.38. The Morgan fingerprint density at radius 1 is 1.41 bits per heavy atom. The number of carbonyl (C=O) groups excluding carboxylic acids is 1. The number of hydrogen-bond donors (Lipinski definition) is 1. The van der Waals surface area contributed by atoms with Crippen LogP contribution in [0.15, 0.2) is 28.7 Å². The van der Waals surface area contributed by atoms with Gasteiger partial charge in [0.15, 0.2) is 6.61 Å². The molecule has 0 aromatic heterocycles. The van der Waals surface area contributed by atoms with Crippen molar-refractivity contribution in [1.82, 2.24) is 5.32 Å². The summed E-state index contributed by atoms with van der Waals surface area (Å²) in [5.41, 5.74) is 0.753. The van der Waals surface area contributed by atoms with Crippen LogP contribution in [-0.4, -0.2) is 18.9 Å². The van der Waals surface area contributed by atoms with Gasteiger partial charge in [-0.15, -0.1) is 0 Å². The van der Waals surface area contributed by atoms with Gasteiger partial charge in [-0.05, 0) is 17.7 Å². The summed E-state index contributed by atoms with van der Waals surface area (Å²) in [5, 5.41) is 2.22. The molecule has 0 saturated heterocycles. The molecule has 0 unspecified atom stereocenters. The maximum atomic E-state index is 11.7. The van der Waals surface area contributed by atoms with E-state index in [-0.39, 0.29) is 6.54 Å². The van der Waals surface area contributed by atoms with E-state index in [9.17, 15) is 18.0 Å². The summed E-state index contributed by atoms with van der Waals surface area (Å²) in [6.07, 6.45) is -5.60. The van der Waals surface area contributed by atoms with Crippen LogP contribution in [0.4, 0.5) is 18.0 Å². The standard InChI is InChI=1S/C10H9BrF3NO2/c11-8-3-1-2-7(4-8)5-15-9(16)17-6-10(12,13)14/h1-4H,5-6H2,(H,15,16). The minimum Gasteiger partial charge on any atom is -0.440 e. The summed E-state index contributed by atoms with van der Waals surface area (Å²) >= 11 is 3.23. The Bertz CT molecular complexity index is 395. The highest BCUT2D eigenvalue weighted by Gasteiger charge is 2.29. The fraction of sp³-hybridized carbons (Fsp3) is 0.300. The zero-order chi connectivity index (χ0) is 12.9. The van der Waals surface area contributed by atoms with Crippen LogP contribution >= 0.6 is 15.9 Å². The van der Waals surface area contributed by atoms with E-state index >= 15 is 0 Å². The summed E-state index contributed by atoms with van der Waals surface area (Å²) in [6, 6.07) is 7.02. The third-order valence-electron chi connectivity index (χ3n) is 1.69. The van der Waals surface area contributed by atoms with E-state index in [1.165, 1.54) is 0 Å². The van der Waals surface area contributed by atoms with Crippen molar-refractivity contribution < 1.29 is 22.7 Å². The molecule has 1 aromatic rings. The van der Waals surface area contributed by atoms with Crippen molar-refractivity contribution in [2.45, 2.75) is 12.7 Å². The van der Waals surface area contributed by atoms with E-state index in [2.05, 4.69) is 26.0 Å². The number of rotatable bonds is 3. The Morgan fingerprint density at radius 3 is 2.71 bits per heavy atom. The van der Waals surface area contributed by atoms with Crippen molar-refractivity contribution in [1.29, 1.82) is 0 Å². The number of halogens is 4. The number of benzene rings is 1. The molecule has 0 fully saturated rings. The average Bonchev–Trinajstić information content (AvgIpc) is 2.23. The van der Waals surface area contributed by atoms with Crippen LogP contribution in [0.3, 0.4) is 0 Å². The molecule has 0 atom stereocenters. The van der Waals surface area contributed by atoms with Crippen molar-refractivity contribution in [2.75, 3.05) is 6.61 Å². The van der Waals surface area contributed by atoms with Crippen LogP contribution in [0.1, 0.15) is 5.56 Å². The van der Waals surface area contributed by atoms with Crippen molar-refractivity contribution >= 4 is 22.0 Å². The zero-order valence-electron chi connectivity index (χ0n) is 8.55. The molecular formula is C10H9BrF3NO2. The van der Waals surface area contributed by atoms with Gasteiger partial charge in [-0.2, -0.15) is 13.2 Å². The van der Waals surface area contributed by atoms with Crippen LogP contribution in [0.5, 0.6) is 0 Å². The van der Waals surface area contributed by atoms with Gasteiger partial charge in [0.2, 0.25) is 0 Å². The fourth-order valence-electron chi connectivity index (χ4n) is 1.02. The second-order valence-electron chi connectivity index (χ2n) is 3.17. The fourth-order valence-corrected chi connectivity index (χ4v) is 1.47. The van der Waals surface area contributed by atoms with Gasteiger partial charge in [0, 0.05) is 11.0 Å². The van der Waals surface area contributed by atoms with E-state index in [1.54, 1.807) is 24.3 Å². The number of nitrogens with one attached hydrogen (secondary N) is 1. The first-order chi connectivity index (χ1) is 7.87. The molecule has 0 radical (unpaired) electrons. The molecule has 7 heteroatoms. The quantitative estimate of drug-likeness (QED) is 0.930. The van der Waals surface area contributed by atoms with E-state index in [0.29, 0.717) is 0 Å². The lowest BCUT2D eigenvalue weighted by Gasteiger charge is -2.09.